The van der Waals surface area contributed by atoms with E-state index in [1.54, 1.807) is 12.1 Å². The van der Waals surface area contributed by atoms with Crippen LogP contribution in [0.15, 0.2) is 29.2 Å². The van der Waals surface area contributed by atoms with E-state index in [1.165, 1.54) is 12.1 Å². The highest BCUT2D eigenvalue weighted by atomic mass is 32.2. The van der Waals surface area contributed by atoms with E-state index in [-0.39, 0.29) is 10.7 Å². The van der Waals surface area contributed by atoms with Crippen molar-refractivity contribution in [3.63, 3.8) is 0 Å². The molecule has 6 heteroatoms. The summed E-state index contributed by atoms with van der Waals surface area (Å²) in [4.78, 5) is 13.9. The van der Waals surface area contributed by atoms with Gasteiger partial charge in [-0.05, 0) is 45.6 Å². The minimum absolute atomic E-state index is 0.0420. The van der Waals surface area contributed by atoms with Crippen LogP contribution in [0.3, 0.4) is 0 Å². The van der Waals surface area contributed by atoms with Gasteiger partial charge < -0.3 is 4.90 Å². The first-order valence-corrected chi connectivity index (χ1v) is 8.63. The van der Waals surface area contributed by atoms with Crippen LogP contribution in [0.25, 0.3) is 0 Å². The Kier molecular flexibility index (Phi) is 7.01. The van der Waals surface area contributed by atoms with Crippen molar-refractivity contribution < 1.29 is 13.2 Å². The van der Waals surface area contributed by atoms with Gasteiger partial charge in [-0.15, -0.1) is 0 Å². The summed E-state index contributed by atoms with van der Waals surface area (Å²) in [6.07, 6.45) is 2.01. The second-order valence-corrected chi connectivity index (χ2v) is 7.02. The van der Waals surface area contributed by atoms with Crippen molar-refractivity contribution in [2.45, 2.75) is 31.1 Å². The Labute approximate surface area is 127 Å². The van der Waals surface area contributed by atoms with Gasteiger partial charge in [-0.1, -0.05) is 19.1 Å². The van der Waals surface area contributed by atoms with Crippen LogP contribution in [0.4, 0.5) is 0 Å². The molecular weight excluding hydrogens is 288 g/mol. The molecule has 1 rings (SSSR count). The highest BCUT2D eigenvalue weighted by molar-refractivity contribution is 7.89. The predicted molar refractivity (Wildman–Crippen MR) is 84.0 cm³/mol. The summed E-state index contributed by atoms with van der Waals surface area (Å²) in [6.45, 7) is 3.17. The first-order chi connectivity index (χ1) is 9.86. The molecule has 0 aromatic heterocycles. The molecule has 0 atom stereocenters. The number of benzene rings is 1. The Morgan fingerprint density at radius 1 is 1.19 bits per heavy atom. The summed E-state index contributed by atoms with van der Waals surface area (Å²) in [5.74, 6) is 0.0420. The molecule has 1 aromatic carbocycles. The van der Waals surface area contributed by atoms with Crippen LogP contribution in [0, 0.1) is 0 Å². The highest BCUT2D eigenvalue weighted by Crippen LogP contribution is 2.12. The van der Waals surface area contributed by atoms with Gasteiger partial charge in [-0.3, -0.25) is 4.79 Å². The normalized spacial score (nSPS) is 11.8. The van der Waals surface area contributed by atoms with E-state index in [9.17, 15) is 13.2 Å². The fraction of sp³-hybridized carbons (Fsp3) is 0.533. The van der Waals surface area contributed by atoms with Crippen molar-refractivity contribution in [1.29, 1.82) is 0 Å². The summed E-state index contributed by atoms with van der Waals surface area (Å²) in [6, 6.07) is 6.12. The molecule has 0 spiro atoms. The summed E-state index contributed by atoms with van der Waals surface area (Å²) in [5, 5.41) is 0. The molecule has 0 heterocycles. The SMILES string of the molecule is CCCC(=O)c1ccc(S(=O)(=O)NCCCN(C)C)cc1. The van der Waals surface area contributed by atoms with E-state index < -0.39 is 10.0 Å². The lowest BCUT2D eigenvalue weighted by Crippen LogP contribution is -2.27. The number of hydrogen-bond donors (Lipinski definition) is 1. The zero-order valence-corrected chi connectivity index (χ0v) is 13.7. The molecule has 0 aliphatic carbocycles. The number of hydrogen-bond acceptors (Lipinski definition) is 4. The number of rotatable bonds is 9. The second kappa shape index (κ2) is 8.26. The quantitative estimate of drug-likeness (QED) is 0.559. The number of nitrogens with one attached hydrogen (secondary N) is 1. The van der Waals surface area contributed by atoms with Gasteiger partial charge in [0, 0.05) is 18.5 Å². The number of carbonyl (C=O) groups is 1. The van der Waals surface area contributed by atoms with Crippen LogP contribution in [0.5, 0.6) is 0 Å². The lowest BCUT2D eigenvalue weighted by atomic mass is 10.1. The van der Waals surface area contributed by atoms with Crippen molar-refractivity contribution in [3.8, 4) is 0 Å². The highest BCUT2D eigenvalue weighted by Gasteiger charge is 2.14. The summed E-state index contributed by atoms with van der Waals surface area (Å²) >= 11 is 0. The molecule has 0 aliphatic rings. The van der Waals surface area contributed by atoms with Crippen molar-refractivity contribution in [2.75, 3.05) is 27.2 Å². The van der Waals surface area contributed by atoms with Gasteiger partial charge in [-0.2, -0.15) is 0 Å². The number of carbonyl (C=O) groups excluding carboxylic acids is 1. The van der Waals surface area contributed by atoms with Crippen LogP contribution in [-0.2, 0) is 10.0 Å². The molecule has 0 fully saturated rings. The van der Waals surface area contributed by atoms with Crippen molar-refractivity contribution in [2.24, 2.45) is 0 Å². The number of Topliss-reactive ketones (excluding diaryl/α,β-unsaturated/α-hetero) is 1. The maximum Gasteiger partial charge on any atom is 0.240 e. The Balaban J connectivity index is 2.65. The molecule has 0 bridgehead atoms. The third-order valence-electron chi connectivity index (χ3n) is 3.04. The van der Waals surface area contributed by atoms with E-state index in [4.69, 9.17) is 0 Å². The summed E-state index contributed by atoms with van der Waals surface area (Å²) in [5.41, 5.74) is 0.559. The van der Waals surface area contributed by atoms with Crippen LogP contribution >= 0.6 is 0 Å². The molecule has 1 N–H and O–H groups in total. The smallest absolute Gasteiger partial charge is 0.240 e. The average molecular weight is 312 g/mol. The Morgan fingerprint density at radius 2 is 1.81 bits per heavy atom. The monoisotopic (exact) mass is 312 g/mol. The molecule has 5 nitrogen and oxygen atoms in total. The molecule has 0 radical (unpaired) electrons. The van der Waals surface area contributed by atoms with Gasteiger partial charge >= 0.3 is 0 Å². The van der Waals surface area contributed by atoms with E-state index in [0.717, 1.165) is 19.4 Å². The number of sulfonamides is 1. The maximum absolute atomic E-state index is 12.1. The van der Waals surface area contributed by atoms with E-state index in [0.29, 0.717) is 18.5 Å². The number of nitrogens with zero attached hydrogens (tertiary/aromatic N) is 1. The lowest BCUT2D eigenvalue weighted by molar-refractivity contribution is 0.0981. The van der Waals surface area contributed by atoms with Crippen molar-refractivity contribution in [1.82, 2.24) is 9.62 Å². The Bertz CT molecular complexity index is 551. The molecule has 0 saturated heterocycles. The minimum Gasteiger partial charge on any atom is -0.309 e. The zero-order valence-electron chi connectivity index (χ0n) is 12.9. The largest absolute Gasteiger partial charge is 0.309 e. The molecule has 0 unspecified atom stereocenters. The maximum atomic E-state index is 12.1. The molecule has 118 valence electrons. The van der Waals surface area contributed by atoms with Crippen LogP contribution in [-0.4, -0.2) is 46.3 Å². The standard InChI is InChI=1S/C15H24N2O3S/c1-4-6-15(18)13-7-9-14(10-8-13)21(19,20)16-11-5-12-17(2)3/h7-10,16H,4-6,11-12H2,1-3H3. The average Bonchev–Trinajstić information content (AvgIpc) is 2.44. The van der Waals surface area contributed by atoms with E-state index in [1.807, 2.05) is 25.9 Å². The minimum atomic E-state index is -3.49. The third kappa shape index (κ3) is 5.95. The molecule has 1 aromatic rings. The van der Waals surface area contributed by atoms with E-state index in [2.05, 4.69) is 4.72 Å². The Morgan fingerprint density at radius 3 is 2.33 bits per heavy atom. The molecule has 0 amide bonds. The lowest BCUT2D eigenvalue weighted by Gasteiger charge is -2.10. The van der Waals surface area contributed by atoms with Gasteiger partial charge in [0.1, 0.15) is 0 Å². The summed E-state index contributed by atoms with van der Waals surface area (Å²) in [7, 11) is 0.397. The molecule has 0 saturated carbocycles. The van der Waals surface area contributed by atoms with E-state index >= 15 is 0 Å². The molecule has 21 heavy (non-hydrogen) atoms. The topological polar surface area (TPSA) is 66.5 Å². The fourth-order valence-electron chi connectivity index (χ4n) is 1.88. The number of ketones is 1. The third-order valence-corrected chi connectivity index (χ3v) is 4.51. The first kappa shape index (κ1) is 17.8. The van der Waals surface area contributed by atoms with Crippen molar-refractivity contribution >= 4 is 15.8 Å². The van der Waals surface area contributed by atoms with Gasteiger partial charge in [-0.25, -0.2) is 13.1 Å². The van der Waals surface area contributed by atoms with Gasteiger partial charge in [0.2, 0.25) is 10.0 Å². The molecular formula is C15H24N2O3S. The van der Waals surface area contributed by atoms with Gasteiger partial charge in [0.15, 0.2) is 5.78 Å². The predicted octanol–water partition coefficient (Wildman–Crippen LogP) is 1.90. The van der Waals surface area contributed by atoms with Crippen LogP contribution < -0.4 is 4.72 Å². The zero-order chi connectivity index (χ0) is 15.9. The van der Waals surface area contributed by atoms with Gasteiger partial charge in [0.05, 0.1) is 4.90 Å². The van der Waals surface area contributed by atoms with Crippen LogP contribution in [0.1, 0.15) is 36.5 Å². The van der Waals surface area contributed by atoms with Crippen molar-refractivity contribution in [3.05, 3.63) is 29.8 Å². The van der Waals surface area contributed by atoms with Gasteiger partial charge in [0.25, 0.3) is 0 Å². The van der Waals surface area contributed by atoms with Crippen LogP contribution in [0.2, 0.25) is 0 Å². The first-order valence-electron chi connectivity index (χ1n) is 7.14. The Hall–Kier alpha value is -1.24. The fourth-order valence-corrected chi connectivity index (χ4v) is 2.95. The molecule has 0 aliphatic heterocycles. The second-order valence-electron chi connectivity index (χ2n) is 5.25. The summed E-state index contributed by atoms with van der Waals surface area (Å²) < 4.78 is 26.7.